The van der Waals surface area contributed by atoms with E-state index in [1.54, 1.807) is 14.0 Å². The van der Waals surface area contributed by atoms with Gasteiger partial charge >= 0.3 is 5.97 Å². The molecule has 100 valence electrons. The predicted octanol–water partition coefficient (Wildman–Crippen LogP) is 2.98. The van der Waals surface area contributed by atoms with Crippen LogP contribution in [0.1, 0.15) is 18.9 Å². The SMILES string of the molecule is CCOC(=O)C1(OC)CC=CC=C1c1ccccc1. The van der Waals surface area contributed by atoms with Gasteiger partial charge in [0.2, 0.25) is 0 Å². The maximum Gasteiger partial charge on any atom is 0.343 e. The second kappa shape index (κ2) is 5.85. The molecule has 1 atom stereocenters. The fourth-order valence-electron chi connectivity index (χ4n) is 2.31. The zero-order chi connectivity index (χ0) is 13.7. The molecule has 2 rings (SSSR count). The summed E-state index contributed by atoms with van der Waals surface area (Å²) in [6.45, 7) is 2.14. The van der Waals surface area contributed by atoms with Crippen LogP contribution < -0.4 is 0 Å². The molecular formula is C16H18O3. The van der Waals surface area contributed by atoms with Gasteiger partial charge in [0.15, 0.2) is 5.60 Å². The van der Waals surface area contributed by atoms with Crippen LogP contribution in [0.3, 0.4) is 0 Å². The Hall–Kier alpha value is -1.87. The highest BCUT2D eigenvalue weighted by Crippen LogP contribution is 2.37. The molecule has 0 bridgehead atoms. The maximum absolute atomic E-state index is 12.3. The topological polar surface area (TPSA) is 35.5 Å². The first kappa shape index (κ1) is 13.6. The van der Waals surface area contributed by atoms with Crippen molar-refractivity contribution in [2.45, 2.75) is 18.9 Å². The van der Waals surface area contributed by atoms with Crippen LogP contribution >= 0.6 is 0 Å². The number of benzene rings is 1. The van der Waals surface area contributed by atoms with Crippen molar-refractivity contribution in [2.24, 2.45) is 0 Å². The third-order valence-corrected chi connectivity index (χ3v) is 3.28. The smallest absolute Gasteiger partial charge is 0.343 e. The lowest BCUT2D eigenvalue weighted by atomic mass is 9.82. The molecule has 1 aromatic carbocycles. The lowest BCUT2D eigenvalue weighted by Gasteiger charge is -2.33. The Morgan fingerprint density at radius 2 is 2.05 bits per heavy atom. The summed E-state index contributed by atoms with van der Waals surface area (Å²) in [5.74, 6) is -0.336. The van der Waals surface area contributed by atoms with Crippen molar-refractivity contribution in [3.05, 3.63) is 54.1 Å². The maximum atomic E-state index is 12.3. The van der Waals surface area contributed by atoms with Gasteiger partial charge in [-0.15, -0.1) is 0 Å². The van der Waals surface area contributed by atoms with Gasteiger partial charge in [0, 0.05) is 19.1 Å². The van der Waals surface area contributed by atoms with Gasteiger partial charge in [-0.05, 0) is 12.5 Å². The molecule has 19 heavy (non-hydrogen) atoms. The third kappa shape index (κ3) is 2.47. The monoisotopic (exact) mass is 258 g/mol. The van der Waals surface area contributed by atoms with Gasteiger partial charge in [0.1, 0.15) is 0 Å². The van der Waals surface area contributed by atoms with Gasteiger partial charge in [-0.3, -0.25) is 0 Å². The quantitative estimate of drug-likeness (QED) is 0.779. The fraction of sp³-hybridized carbons (Fsp3) is 0.312. The number of methoxy groups -OCH3 is 1. The largest absolute Gasteiger partial charge is 0.464 e. The second-order valence-corrected chi connectivity index (χ2v) is 4.33. The Balaban J connectivity index is 2.45. The van der Waals surface area contributed by atoms with Gasteiger partial charge in [0.05, 0.1) is 6.61 Å². The Morgan fingerprint density at radius 3 is 2.68 bits per heavy atom. The Kier molecular flexibility index (Phi) is 4.17. The highest BCUT2D eigenvalue weighted by molar-refractivity contribution is 5.97. The first-order chi connectivity index (χ1) is 9.24. The number of hydrogen-bond donors (Lipinski definition) is 0. The van der Waals surface area contributed by atoms with E-state index in [-0.39, 0.29) is 5.97 Å². The van der Waals surface area contributed by atoms with Gasteiger partial charge in [-0.1, -0.05) is 48.6 Å². The summed E-state index contributed by atoms with van der Waals surface area (Å²) in [6, 6.07) is 9.78. The second-order valence-electron chi connectivity index (χ2n) is 4.33. The van der Waals surface area contributed by atoms with Crippen molar-refractivity contribution in [2.75, 3.05) is 13.7 Å². The predicted molar refractivity (Wildman–Crippen MR) is 74.5 cm³/mol. The van der Waals surface area contributed by atoms with Gasteiger partial charge in [0.25, 0.3) is 0 Å². The number of ether oxygens (including phenoxy) is 2. The minimum absolute atomic E-state index is 0.336. The zero-order valence-corrected chi connectivity index (χ0v) is 11.3. The molecular weight excluding hydrogens is 240 g/mol. The van der Waals surface area contributed by atoms with Crippen LogP contribution in [0.5, 0.6) is 0 Å². The molecule has 0 fully saturated rings. The zero-order valence-electron chi connectivity index (χ0n) is 11.3. The lowest BCUT2D eigenvalue weighted by Crippen LogP contribution is -2.43. The van der Waals surface area contributed by atoms with Crippen molar-refractivity contribution in [3.63, 3.8) is 0 Å². The van der Waals surface area contributed by atoms with Gasteiger partial charge in [-0.25, -0.2) is 4.79 Å². The molecule has 1 aromatic rings. The van der Waals surface area contributed by atoms with Crippen molar-refractivity contribution >= 4 is 11.5 Å². The van der Waals surface area contributed by atoms with Crippen molar-refractivity contribution in [1.82, 2.24) is 0 Å². The third-order valence-electron chi connectivity index (χ3n) is 3.28. The fourth-order valence-corrected chi connectivity index (χ4v) is 2.31. The summed E-state index contributed by atoms with van der Waals surface area (Å²) in [5.41, 5.74) is 0.782. The minimum Gasteiger partial charge on any atom is -0.464 e. The molecule has 0 aromatic heterocycles. The van der Waals surface area contributed by atoms with E-state index in [9.17, 15) is 4.79 Å². The van der Waals surface area contributed by atoms with E-state index >= 15 is 0 Å². The average molecular weight is 258 g/mol. The summed E-state index contributed by atoms with van der Waals surface area (Å²) in [7, 11) is 1.55. The van der Waals surface area contributed by atoms with E-state index in [4.69, 9.17) is 9.47 Å². The summed E-state index contributed by atoms with van der Waals surface area (Å²) in [6.07, 6.45) is 6.27. The molecule has 0 saturated heterocycles. The number of carbonyl (C=O) groups excluding carboxylic acids is 1. The molecule has 0 spiro atoms. The first-order valence-electron chi connectivity index (χ1n) is 6.39. The molecule has 0 heterocycles. The normalized spacial score (nSPS) is 21.9. The summed E-state index contributed by atoms with van der Waals surface area (Å²) < 4.78 is 10.8. The summed E-state index contributed by atoms with van der Waals surface area (Å²) in [5, 5.41) is 0. The van der Waals surface area contributed by atoms with E-state index in [1.807, 2.05) is 48.6 Å². The Labute approximate surface area is 113 Å². The molecule has 3 heteroatoms. The molecule has 0 saturated carbocycles. The van der Waals surface area contributed by atoms with Crippen LogP contribution in [-0.2, 0) is 14.3 Å². The number of hydrogen-bond acceptors (Lipinski definition) is 3. The first-order valence-corrected chi connectivity index (χ1v) is 6.39. The molecule has 1 aliphatic carbocycles. The van der Waals surface area contributed by atoms with Crippen LogP contribution in [0.15, 0.2) is 48.6 Å². The molecule has 0 N–H and O–H groups in total. The van der Waals surface area contributed by atoms with Crippen molar-refractivity contribution in [1.29, 1.82) is 0 Å². The van der Waals surface area contributed by atoms with Gasteiger partial charge in [-0.2, -0.15) is 0 Å². The highest BCUT2D eigenvalue weighted by Gasteiger charge is 2.44. The number of rotatable bonds is 4. The van der Waals surface area contributed by atoms with Crippen LogP contribution in [-0.4, -0.2) is 25.3 Å². The van der Waals surface area contributed by atoms with E-state index in [2.05, 4.69) is 0 Å². The molecule has 0 aliphatic heterocycles. The van der Waals surface area contributed by atoms with E-state index < -0.39 is 5.60 Å². The number of allylic oxidation sites excluding steroid dienone is 2. The van der Waals surface area contributed by atoms with Crippen molar-refractivity contribution < 1.29 is 14.3 Å². The van der Waals surface area contributed by atoms with E-state index in [0.29, 0.717) is 13.0 Å². The summed E-state index contributed by atoms with van der Waals surface area (Å²) >= 11 is 0. The molecule has 0 radical (unpaired) electrons. The van der Waals surface area contributed by atoms with Crippen LogP contribution in [0, 0.1) is 0 Å². The standard InChI is InChI=1S/C16H18O3/c1-3-19-15(17)16(18-2)12-8-7-11-14(16)13-9-5-4-6-10-13/h4-11H,3,12H2,1-2H3. The van der Waals surface area contributed by atoms with E-state index in [1.165, 1.54) is 0 Å². The van der Waals surface area contributed by atoms with Crippen molar-refractivity contribution in [3.8, 4) is 0 Å². The van der Waals surface area contributed by atoms with Crippen LogP contribution in [0.2, 0.25) is 0 Å². The highest BCUT2D eigenvalue weighted by atomic mass is 16.6. The number of carbonyl (C=O) groups is 1. The van der Waals surface area contributed by atoms with Crippen LogP contribution in [0.25, 0.3) is 5.57 Å². The average Bonchev–Trinajstić information content (AvgIpc) is 2.48. The van der Waals surface area contributed by atoms with Gasteiger partial charge < -0.3 is 9.47 Å². The molecule has 3 nitrogen and oxygen atoms in total. The van der Waals surface area contributed by atoms with Crippen LogP contribution in [0.4, 0.5) is 0 Å². The molecule has 1 unspecified atom stereocenters. The Bertz CT molecular complexity index is 502. The number of esters is 1. The minimum atomic E-state index is -1.04. The summed E-state index contributed by atoms with van der Waals surface area (Å²) in [4.78, 5) is 12.3. The lowest BCUT2D eigenvalue weighted by molar-refractivity contribution is -0.161. The molecule has 0 amide bonds. The molecule has 1 aliphatic rings. The Morgan fingerprint density at radius 1 is 1.32 bits per heavy atom. The van der Waals surface area contributed by atoms with E-state index in [0.717, 1.165) is 11.1 Å².